The molecule has 0 aliphatic rings. The summed E-state index contributed by atoms with van der Waals surface area (Å²) in [6.45, 7) is 11.3. The molecule has 0 fully saturated rings. The van der Waals surface area contributed by atoms with E-state index in [1.165, 1.54) is 29.5 Å². The number of hydrogen-bond donors (Lipinski definition) is 2. The van der Waals surface area contributed by atoms with Gasteiger partial charge in [0.2, 0.25) is 0 Å². The second kappa shape index (κ2) is 11.1. The molecule has 0 spiro atoms. The van der Waals surface area contributed by atoms with Crippen molar-refractivity contribution in [1.82, 2.24) is 10.2 Å². The van der Waals surface area contributed by atoms with E-state index in [0.717, 1.165) is 38.0 Å². The van der Waals surface area contributed by atoms with Crippen molar-refractivity contribution in [2.75, 3.05) is 25.0 Å². The summed E-state index contributed by atoms with van der Waals surface area (Å²) in [6, 6.07) is 7.35. The van der Waals surface area contributed by atoms with Crippen molar-refractivity contribution in [3.8, 4) is 0 Å². The highest BCUT2D eigenvalue weighted by Crippen LogP contribution is 2.27. The molecule has 2 rings (SSSR count). The summed E-state index contributed by atoms with van der Waals surface area (Å²) in [5.41, 5.74) is 1.04. The molecular formula is C22H30FN3O2S. The lowest BCUT2D eigenvalue weighted by Gasteiger charge is -2.19. The lowest BCUT2D eigenvalue weighted by Crippen LogP contribution is -2.33. The quantitative estimate of drug-likeness (QED) is 0.587. The molecule has 5 nitrogen and oxygen atoms in total. The van der Waals surface area contributed by atoms with E-state index < -0.39 is 11.7 Å². The van der Waals surface area contributed by atoms with Crippen molar-refractivity contribution in [2.45, 2.75) is 46.6 Å². The molecule has 0 aliphatic heterocycles. The standard InChI is InChI=1S/C22H30FN3O2S/c1-5-26(6-2)12-8-9-16(4)24-22(28)20-15(3)13-19(29-20)25-21(27)17-10-7-11-18(23)14-17/h7,10-11,13-14,16H,5-6,8-9,12H2,1-4H3,(H,24,28)(H,25,27)/t16-/m1/s1. The van der Waals surface area contributed by atoms with Gasteiger partial charge in [0.15, 0.2) is 0 Å². The minimum Gasteiger partial charge on any atom is -0.349 e. The first-order chi connectivity index (χ1) is 13.8. The molecular weight excluding hydrogens is 389 g/mol. The number of aryl methyl sites for hydroxylation is 1. The fraction of sp³-hybridized carbons (Fsp3) is 0.455. The van der Waals surface area contributed by atoms with Gasteiger partial charge in [-0.25, -0.2) is 4.39 Å². The van der Waals surface area contributed by atoms with Crippen LogP contribution in [0.4, 0.5) is 9.39 Å². The van der Waals surface area contributed by atoms with Gasteiger partial charge in [0.1, 0.15) is 5.82 Å². The maximum atomic E-state index is 13.3. The first-order valence-electron chi connectivity index (χ1n) is 10.0. The normalized spacial score (nSPS) is 12.1. The Kier molecular flexibility index (Phi) is 8.79. The number of hydrogen-bond acceptors (Lipinski definition) is 4. The Morgan fingerprint density at radius 1 is 1.17 bits per heavy atom. The monoisotopic (exact) mass is 419 g/mol. The predicted molar refractivity (Wildman–Crippen MR) is 117 cm³/mol. The molecule has 0 aliphatic carbocycles. The van der Waals surface area contributed by atoms with E-state index in [9.17, 15) is 14.0 Å². The van der Waals surface area contributed by atoms with Gasteiger partial charge >= 0.3 is 0 Å². The molecule has 0 saturated heterocycles. The number of amides is 2. The first kappa shape index (κ1) is 23.0. The minimum absolute atomic E-state index is 0.0740. The van der Waals surface area contributed by atoms with Crippen molar-refractivity contribution in [1.29, 1.82) is 0 Å². The summed E-state index contributed by atoms with van der Waals surface area (Å²) in [6.07, 6.45) is 1.94. The summed E-state index contributed by atoms with van der Waals surface area (Å²) in [5, 5.41) is 6.35. The Balaban J connectivity index is 1.91. The lowest BCUT2D eigenvalue weighted by atomic mass is 10.1. The number of benzene rings is 1. The van der Waals surface area contributed by atoms with E-state index in [1.54, 1.807) is 12.1 Å². The summed E-state index contributed by atoms with van der Waals surface area (Å²) in [5.74, 6) is -0.994. The van der Waals surface area contributed by atoms with E-state index in [1.807, 2.05) is 13.8 Å². The molecule has 29 heavy (non-hydrogen) atoms. The second-order valence-corrected chi connectivity index (χ2v) is 8.18. The van der Waals surface area contributed by atoms with Gasteiger partial charge in [-0.2, -0.15) is 0 Å². The van der Waals surface area contributed by atoms with Crippen LogP contribution < -0.4 is 10.6 Å². The second-order valence-electron chi connectivity index (χ2n) is 7.13. The van der Waals surface area contributed by atoms with Crippen LogP contribution in [0.1, 0.15) is 59.2 Å². The number of anilines is 1. The Morgan fingerprint density at radius 2 is 1.90 bits per heavy atom. The molecule has 1 heterocycles. The number of nitrogens with zero attached hydrogens (tertiary/aromatic N) is 1. The van der Waals surface area contributed by atoms with Crippen molar-refractivity contribution in [2.24, 2.45) is 0 Å². The van der Waals surface area contributed by atoms with E-state index in [-0.39, 0.29) is 17.5 Å². The molecule has 1 atom stereocenters. The maximum Gasteiger partial charge on any atom is 0.261 e. The third kappa shape index (κ3) is 6.94. The van der Waals surface area contributed by atoms with Crippen LogP contribution in [0.25, 0.3) is 0 Å². The summed E-state index contributed by atoms with van der Waals surface area (Å²) in [4.78, 5) is 27.9. The van der Waals surface area contributed by atoms with Crippen LogP contribution in [0.15, 0.2) is 30.3 Å². The van der Waals surface area contributed by atoms with Crippen molar-refractivity contribution in [3.05, 3.63) is 52.2 Å². The zero-order chi connectivity index (χ0) is 21.4. The SMILES string of the molecule is CCN(CC)CCC[C@@H](C)NC(=O)c1sc(NC(=O)c2cccc(F)c2)cc1C. The number of carbonyl (C=O) groups excluding carboxylic acids is 2. The summed E-state index contributed by atoms with van der Waals surface area (Å²) < 4.78 is 13.3. The Labute approximate surface area is 176 Å². The van der Waals surface area contributed by atoms with Crippen LogP contribution in [-0.2, 0) is 0 Å². The highest BCUT2D eigenvalue weighted by Gasteiger charge is 2.17. The Morgan fingerprint density at radius 3 is 2.55 bits per heavy atom. The number of nitrogens with one attached hydrogen (secondary N) is 2. The average molecular weight is 420 g/mol. The first-order valence-corrected chi connectivity index (χ1v) is 10.9. The number of thiophene rings is 1. The molecule has 0 bridgehead atoms. The molecule has 0 unspecified atom stereocenters. The fourth-order valence-electron chi connectivity index (χ4n) is 3.11. The van der Waals surface area contributed by atoms with Crippen molar-refractivity contribution < 1.29 is 14.0 Å². The topological polar surface area (TPSA) is 61.4 Å². The Hall–Kier alpha value is -2.25. The van der Waals surface area contributed by atoms with Crippen LogP contribution in [-0.4, -0.2) is 42.4 Å². The highest BCUT2D eigenvalue weighted by atomic mass is 32.1. The van der Waals surface area contributed by atoms with Gasteiger partial charge in [-0.15, -0.1) is 11.3 Å². The molecule has 2 aromatic rings. The van der Waals surface area contributed by atoms with Crippen molar-refractivity contribution >= 4 is 28.2 Å². The zero-order valence-electron chi connectivity index (χ0n) is 17.5. The van der Waals surface area contributed by atoms with Gasteiger partial charge in [-0.3, -0.25) is 9.59 Å². The Bertz CT molecular complexity index is 833. The number of halogens is 1. The summed E-state index contributed by atoms with van der Waals surface area (Å²) >= 11 is 1.23. The van der Waals surface area contributed by atoms with Gasteiger partial charge in [-0.1, -0.05) is 19.9 Å². The number of carbonyl (C=O) groups is 2. The summed E-state index contributed by atoms with van der Waals surface area (Å²) in [7, 11) is 0. The average Bonchev–Trinajstić information content (AvgIpc) is 3.05. The van der Waals surface area contributed by atoms with Crippen LogP contribution in [0.2, 0.25) is 0 Å². The molecule has 0 saturated carbocycles. The van der Waals surface area contributed by atoms with Crippen LogP contribution in [0.3, 0.4) is 0 Å². The van der Waals surface area contributed by atoms with Gasteiger partial charge in [0.05, 0.1) is 9.88 Å². The molecule has 1 aromatic carbocycles. The highest BCUT2D eigenvalue weighted by molar-refractivity contribution is 7.18. The van der Waals surface area contributed by atoms with Gasteiger partial charge in [-0.05, 0) is 76.2 Å². The molecule has 2 N–H and O–H groups in total. The third-order valence-corrected chi connectivity index (χ3v) is 5.98. The van der Waals surface area contributed by atoms with Gasteiger partial charge < -0.3 is 15.5 Å². The lowest BCUT2D eigenvalue weighted by molar-refractivity contribution is 0.0940. The van der Waals surface area contributed by atoms with E-state index >= 15 is 0 Å². The molecule has 2 amide bonds. The third-order valence-electron chi connectivity index (χ3n) is 4.83. The minimum atomic E-state index is -0.463. The maximum absolute atomic E-state index is 13.3. The van der Waals surface area contributed by atoms with Crippen LogP contribution in [0, 0.1) is 12.7 Å². The van der Waals surface area contributed by atoms with Crippen LogP contribution in [0.5, 0.6) is 0 Å². The molecule has 1 aromatic heterocycles. The van der Waals surface area contributed by atoms with E-state index in [0.29, 0.717) is 9.88 Å². The number of rotatable bonds is 10. The van der Waals surface area contributed by atoms with E-state index in [2.05, 4.69) is 29.4 Å². The molecule has 7 heteroatoms. The largest absolute Gasteiger partial charge is 0.349 e. The van der Waals surface area contributed by atoms with Crippen LogP contribution >= 0.6 is 11.3 Å². The predicted octanol–water partition coefficient (Wildman–Crippen LogP) is 4.69. The zero-order valence-corrected chi connectivity index (χ0v) is 18.4. The van der Waals surface area contributed by atoms with Crippen molar-refractivity contribution in [3.63, 3.8) is 0 Å². The van der Waals surface area contributed by atoms with Gasteiger partial charge in [0, 0.05) is 11.6 Å². The molecule has 0 radical (unpaired) electrons. The van der Waals surface area contributed by atoms with Gasteiger partial charge in [0.25, 0.3) is 11.8 Å². The van der Waals surface area contributed by atoms with E-state index in [4.69, 9.17) is 0 Å². The molecule has 158 valence electrons. The fourth-order valence-corrected chi connectivity index (χ4v) is 4.08. The smallest absolute Gasteiger partial charge is 0.261 e.